The van der Waals surface area contributed by atoms with Crippen LogP contribution in [0.15, 0.2) is 24.3 Å². The van der Waals surface area contributed by atoms with E-state index in [0.29, 0.717) is 19.6 Å². The maximum absolute atomic E-state index is 12.5. The van der Waals surface area contributed by atoms with Crippen LogP contribution in [-0.2, 0) is 4.79 Å². The molecule has 0 bridgehead atoms. The molecule has 1 N–H and O–H groups in total. The monoisotopic (exact) mass is 305 g/mol. The molecule has 0 aromatic heterocycles. The summed E-state index contributed by atoms with van der Waals surface area (Å²) in [6.07, 6.45) is 0.875. The predicted octanol–water partition coefficient (Wildman–Crippen LogP) is 1.85. The summed E-state index contributed by atoms with van der Waals surface area (Å²) in [7, 11) is 1.61. The van der Waals surface area contributed by atoms with Crippen molar-refractivity contribution in [3.63, 3.8) is 0 Å². The largest absolute Gasteiger partial charge is 0.497 e. The quantitative estimate of drug-likeness (QED) is 0.923. The molecule has 0 spiro atoms. The summed E-state index contributed by atoms with van der Waals surface area (Å²) in [6, 6.07) is 6.73. The Morgan fingerprint density at radius 2 is 2.00 bits per heavy atom. The number of hydrogen-bond acceptors (Lipinski definition) is 3. The third-order valence-corrected chi connectivity index (χ3v) is 3.83. The Bertz CT molecular complexity index is 530. The lowest BCUT2D eigenvalue weighted by Crippen LogP contribution is -2.59. The van der Waals surface area contributed by atoms with Crippen LogP contribution >= 0.6 is 0 Å². The molecule has 0 radical (unpaired) electrons. The summed E-state index contributed by atoms with van der Waals surface area (Å²) in [5.41, 5.74) is 0.825. The second-order valence-electron chi connectivity index (χ2n) is 5.29. The van der Waals surface area contributed by atoms with E-state index in [1.54, 1.807) is 23.8 Å². The Hall–Kier alpha value is -2.24. The van der Waals surface area contributed by atoms with E-state index in [1.807, 2.05) is 31.2 Å². The van der Waals surface area contributed by atoms with E-state index in [1.165, 1.54) is 0 Å². The first kappa shape index (κ1) is 16.1. The third kappa shape index (κ3) is 3.32. The molecule has 6 nitrogen and oxygen atoms in total. The van der Waals surface area contributed by atoms with E-state index in [0.717, 1.165) is 17.9 Å². The molecule has 0 saturated carbocycles. The molecule has 1 unspecified atom stereocenters. The summed E-state index contributed by atoms with van der Waals surface area (Å²) in [5.74, 6) is 0.685. The van der Waals surface area contributed by atoms with Crippen molar-refractivity contribution in [3.8, 4) is 5.75 Å². The number of nitrogens with zero attached hydrogens (tertiary/aromatic N) is 2. The van der Waals surface area contributed by atoms with Gasteiger partial charge in [0.1, 0.15) is 11.8 Å². The molecular formula is C16H23N3O3. The molecule has 1 aliphatic rings. The molecule has 1 fully saturated rings. The number of hydrogen-bond donors (Lipinski definition) is 1. The molecule has 1 aromatic rings. The molecule has 1 aliphatic heterocycles. The second kappa shape index (κ2) is 7.15. The zero-order valence-electron chi connectivity index (χ0n) is 13.3. The van der Waals surface area contributed by atoms with Crippen LogP contribution in [0.3, 0.4) is 0 Å². The highest BCUT2D eigenvalue weighted by Crippen LogP contribution is 2.23. The van der Waals surface area contributed by atoms with Crippen molar-refractivity contribution in [2.45, 2.75) is 26.3 Å². The van der Waals surface area contributed by atoms with Gasteiger partial charge >= 0.3 is 6.03 Å². The lowest BCUT2D eigenvalue weighted by molar-refractivity contribution is -0.124. The first-order valence-corrected chi connectivity index (χ1v) is 7.58. The number of ether oxygens (including phenoxy) is 1. The Kier molecular flexibility index (Phi) is 5.25. The van der Waals surface area contributed by atoms with Crippen LogP contribution in [0.2, 0.25) is 0 Å². The SMILES string of the molecule is CCCNC(=O)N1CCN(c2ccc(OC)cc2)C(=O)C1C. The van der Waals surface area contributed by atoms with Gasteiger partial charge in [0, 0.05) is 25.3 Å². The number of urea groups is 1. The van der Waals surface area contributed by atoms with Crippen LogP contribution in [0.25, 0.3) is 0 Å². The van der Waals surface area contributed by atoms with E-state index in [4.69, 9.17) is 4.74 Å². The molecule has 3 amide bonds. The molecule has 6 heteroatoms. The number of benzene rings is 1. The summed E-state index contributed by atoms with van der Waals surface area (Å²) in [5, 5.41) is 2.82. The van der Waals surface area contributed by atoms with E-state index in [-0.39, 0.29) is 11.9 Å². The average molecular weight is 305 g/mol. The van der Waals surface area contributed by atoms with Gasteiger partial charge in [-0.2, -0.15) is 0 Å². The highest BCUT2D eigenvalue weighted by molar-refractivity contribution is 6.00. The molecule has 22 heavy (non-hydrogen) atoms. The van der Waals surface area contributed by atoms with Crippen molar-refractivity contribution < 1.29 is 14.3 Å². The number of anilines is 1. The normalized spacial score (nSPS) is 18.3. The number of piperazine rings is 1. The summed E-state index contributed by atoms with van der Waals surface area (Å²) >= 11 is 0. The van der Waals surface area contributed by atoms with Gasteiger partial charge in [-0.05, 0) is 37.6 Å². The second-order valence-corrected chi connectivity index (χ2v) is 5.29. The fourth-order valence-electron chi connectivity index (χ4n) is 2.50. The van der Waals surface area contributed by atoms with Gasteiger partial charge in [0.25, 0.3) is 0 Å². The van der Waals surface area contributed by atoms with Gasteiger partial charge in [-0.1, -0.05) is 6.92 Å². The average Bonchev–Trinajstić information content (AvgIpc) is 2.55. The van der Waals surface area contributed by atoms with Gasteiger partial charge in [0.2, 0.25) is 5.91 Å². The Balaban J connectivity index is 2.06. The maximum Gasteiger partial charge on any atom is 0.318 e. The minimum absolute atomic E-state index is 0.0666. The van der Waals surface area contributed by atoms with Crippen LogP contribution in [-0.4, -0.2) is 49.6 Å². The summed E-state index contributed by atoms with van der Waals surface area (Å²) < 4.78 is 5.13. The van der Waals surface area contributed by atoms with Gasteiger partial charge in [0.05, 0.1) is 7.11 Å². The smallest absolute Gasteiger partial charge is 0.318 e. The fourth-order valence-corrected chi connectivity index (χ4v) is 2.50. The zero-order chi connectivity index (χ0) is 16.1. The van der Waals surface area contributed by atoms with Crippen molar-refractivity contribution in [3.05, 3.63) is 24.3 Å². The highest BCUT2D eigenvalue weighted by Gasteiger charge is 2.34. The van der Waals surface area contributed by atoms with Gasteiger partial charge in [-0.15, -0.1) is 0 Å². The molecule has 1 heterocycles. The van der Waals surface area contributed by atoms with Gasteiger partial charge in [-0.25, -0.2) is 4.79 Å². The standard InChI is InChI=1S/C16H23N3O3/c1-4-9-17-16(21)18-10-11-19(15(20)12(18)2)13-5-7-14(22-3)8-6-13/h5-8,12H,4,9-11H2,1-3H3,(H,17,21). The minimum Gasteiger partial charge on any atom is -0.497 e. The maximum atomic E-state index is 12.5. The fraction of sp³-hybridized carbons (Fsp3) is 0.500. The van der Waals surface area contributed by atoms with Crippen molar-refractivity contribution in [2.24, 2.45) is 0 Å². The predicted molar refractivity (Wildman–Crippen MR) is 85.2 cm³/mol. The Morgan fingerprint density at radius 1 is 1.32 bits per heavy atom. The number of nitrogens with one attached hydrogen (secondary N) is 1. The number of amides is 3. The van der Waals surface area contributed by atoms with E-state index < -0.39 is 6.04 Å². The van der Waals surface area contributed by atoms with Crippen molar-refractivity contribution in [1.82, 2.24) is 10.2 Å². The van der Waals surface area contributed by atoms with Crippen LogP contribution in [0.5, 0.6) is 5.75 Å². The minimum atomic E-state index is -0.465. The Labute approximate surface area is 131 Å². The van der Waals surface area contributed by atoms with Gasteiger partial charge < -0.3 is 19.9 Å². The molecule has 1 saturated heterocycles. The van der Waals surface area contributed by atoms with E-state index in [9.17, 15) is 9.59 Å². The van der Waals surface area contributed by atoms with Crippen molar-refractivity contribution >= 4 is 17.6 Å². The Morgan fingerprint density at radius 3 is 2.59 bits per heavy atom. The lowest BCUT2D eigenvalue weighted by atomic mass is 10.1. The zero-order valence-corrected chi connectivity index (χ0v) is 13.3. The van der Waals surface area contributed by atoms with Crippen LogP contribution < -0.4 is 15.0 Å². The first-order chi connectivity index (χ1) is 10.6. The van der Waals surface area contributed by atoms with E-state index >= 15 is 0 Å². The summed E-state index contributed by atoms with van der Waals surface area (Å²) in [6.45, 7) is 5.40. The summed E-state index contributed by atoms with van der Waals surface area (Å²) in [4.78, 5) is 27.9. The topological polar surface area (TPSA) is 61.9 Å². The van der Waals surface area contributed by atoms with Crippen LogP contribution in [0.1, 0.15) is 20.3 Å². The first-order valence-electron chi connectivity index (χ1n) is 7.58. The molecule has 1 aromatic carbocycles. The van der Waals surface area contributed by atoms with Crippen LogP contribution in [0.4, 0.5) is 10.5 Å². The number of carbonyl (C=O) groups excluding carboxylic acids is 2. The molecule has 1 atom stereocenters. The molecular weight excluding hydrogens is 282 g/mol. The van der Waals surface area contributed by atoms with Crippen molar-refractivity contribution in [1.29, 1.82) is 0 Å². The highest BCUT2D eigenvalue weighted by atomic mass is 16.5. The number of methoxy groups -OCH3 is 1. The molecule has 2 rings (SSSR count). The third-order valence-electron chi connectivity index (χ3n) is 3.83. The molecule has 120 valence electrons. The molecule has 0 aliphatic carbocycles. The number of carbonyl (C=O) groups is 2. The van der Waals surface area contributed by atoms with Crippen molar-refractivity contribution in [2.75, 3.05) is 31.6 Å². The number of rotatable bonds is 4. The lowest BCUT2D eigenvalue weighted by Gasteiger charge is -2.39. The van der Waals surface area contributed by atoms with Crippen LogP contribution in [0, 0.1) is 0 Å². The van der Waals surface area contributed by atoms with Gasteiger partial charge in [0.15, 0.2) is 0 Å². The van der Waals surface area contributed by atoms with E-state index in [2.05, 4.69) is 5.32 Å². The van der Waals surface area contributed by atoms with Gasteiger partial charge in [-0.3, -0.25) is 4.79 Å².